The van der Waals surface area contributed by atoms with E-state index in [1.807, 2.05) is 25.3 Å². The Morgan fingerprint density at radius 3 is 2.61 bits per heavy atom. The number of thiophene rings is 1. The molecule has 94 valence electrons. The van der Waals surface area contributed by atoms with E-state index in [2.05, 4.69) is 15.3 Å². The zero-order valence-electron chi connectivity index (χ0n) is 10.4. The molecule has 6 heteroatoms. The lowest BCUT2D eigenvalue weighted by Crippen LogP contribution is -2.04. The van der Waals surface area contributed by atoms with Gasteiger partial charge in [-0.15, -0.1) is 11.3 Å². The summed E-state index contributed by atoms with van der Waals surface area (Å²) >= 11 is 1.32. The van der Waals surface area contributed by atoms with Crippen molar-refractivity contribution in [1.82, 2.24) is 9.97 Å². The van der Waals surface area contributed by atoms with E-state index in [1.54, 1.807) is 6.07 Å². The van der Waals surface area contributed by atoms with Gasteiger partial charge < -0.3 is 10.1 Å². The molecular weight excluding hydrogens is 250 g/mol. The third-order valence-corrected chi connectivity index (χ3v) is 3.16. The van der Waals surface area contributed by atoms with E-state index in [4.69, 9.17) is 4.74 Å². The molecule has 0 atom stereocenters. The van der Waals surface area contributed by atoms with Crippen molar-refractivity contribution in [1.29, 1.82) is 0 Å². The number of nitrogens with zero attached hydrogens (tertiary/aromatic N) is 2. The molecule has 0 unspecified atom stereocenters. The summed E-state index contributed by atoms with van der Waals surface area (Å²) in [5, 5.41) is 4.85. The van der Waals surface area contributed by atoms with Gasteiger partial charge >= 0.3 is 5.97 Å². The number of ether oxygens (including phenoxy) is 1. The van der Waals surface area contributed by atoms with E-state index in [-0.39, 0.29) is 5.97 Å². The second kappa shape index (κ2) is 5.14. The van der Waals surface area contributed by atoms with Crippen LogP contribution in [0, 0.1) is 13.8 Å². The molecule has 0 aliphatic rings. The molecule has 2 aromatic heterocycles. The van der Waals surface area contributed by atoms with Crippen LogP contribution in [0.4, 0.5) is 11.6 Å². The minimum atomic E-state index is -0.364. The Hall–Kier alpha value is -1.95. The zero-order valence-corrected chi connectivity index (χ0v) is 11.2. The van der Waals surface area contributed by atoms with Crippen molar-refractivity contribution >= 4 is 28.9 Å². The van der Waals surface area contributed by atoms with Crippen LogP contribution in [-0.4, -0.2) is 23.0 Å². The van der Waals surface area contributed by atoms with Crippen molar-refractivity contribution in [3.05, 3.63) is 33.8 Å². The first-order chi connectivity index (χ1) is 8.60. The van der Waals surface area contributed by atoms with Crippen LogP contribution in [0.1, 0.15) is 21.1 Å². The maximum Gasteiger partial charge on any atom is 0.350 e. The first kappa shape index (κ1) is 12.5. The summed E-state index contributed by atoms with van der Waals surface area (Å²) in [5.74, 6) is 0.118. The Morgan fingerprint density at radius 1 is 1.33 bits per heavy atom. The molecule has 0 aromatic carbocycles. The molecule has 2 heterocycles. The molecule has 0 saturated carbocycles. The van der Waals surface area contributed by atoms with Gasteiger partial charge in [0, 0.05) is 11.4 Å². The summed E-state index contributed by atoms with van der Waals surface area (Å²) in [6.07, 6.45) is 0. The van der Waals surface area contributed by atoms with Crippen molar-refractivity contribution in [2.24, 2.45) is 0 Å². The summed E-state index contributed by atoms with van der Waals surface area (Å²) in [6.45, 7) is 3.80. The fourth-order valence-corrected chi connectivity index (χ4v) is 2.33. The number of methoxy groups -OCH3 is 1. The van der Waals surface area contributed by atoms with Gasteiger partial charge in [-0.1, -0.05) is 0 Å². The molecule has 0 bridgehead atoms. The maximum absolute atomic E-state index is 11.5. The molecule has 0 aliphatic heterocycles. The van der Waals surface area contributed by atoms with Gasteiger partial charge in [-0.3, -0.25) is 0 Å². The Labute approximate surface area is 109 Å². The lowest BCUT2D eigenvalue weighted by Gasteiger charge is -2.06. The van der Waals surface area contributed by atoms with Gasteiger partial charge in [-0.2, -0.15) is 0 Å². The van der Waals surface area contributed by atoms with E-state index in [9.17, 15) is 4.79 Å². The van der Waals surface area contributed by atoms with Gasteiger partial charge in [0.05, 0.1) is 12.8 Å². The lowest BCUT2D eigenvalue weighted by atomic mass is 10.3. The molecule has 0 radical (unpaired) electrons. The number of esters is 1. The van der Waals surface area contributed by atoms with E-state index in [0.29, 0.717) is 16.5 Å². The first-order valence-corrected chi connectivity index (χ1v) is 6.23. The summed E-state index contributed by atoms with van der Waals surface area (Å²) in [6, 6.07) is 3.69. The number of hydrogen-bond donors (Lipinski definition) is 1. The maximum atomic E-state index is 11.5. The number of aryl methyl sites for hydroxylation is 2. The highest BCUT2D eigenvalue weighted by Crippen LogP contribution is 2.25. The van der Waals surface area contributed by atoms with Gasteiger partial charge in [0.15, 0.2) is 0 Å². The van der Waals surface area contributed by atoms with Crippen LogP contribution in [0.3, 0.4) is 0 Å². The second-order valence-corrected chi connectivity index (χ2v) is 4.67. The molecule has 1 N–H and O–H groups in total. The van der Waals surface area contributed by atoms with Crippen LogP contribution in [0.5, 0.6) is 0 Å². The molecule has 5 nitrogen and oxygen atoms in total. The molecule has 0 saturated heterocycles. The van der Waals surface area contributed by atoms with E-state index < -0.39 is 0 Å². The Balaban J connectivity index is 2.29. The minimum absolute atomic E-state index is 0.364. The Morgan fingerprint density at radius 2 is 2.00 bits per heavy atom. The Bertz CT molecular complexity index is 560. The second-order valence-electron chi connectivity index (χ2n) is 3.75. The molecule has 18 heavy (non-hydrogen) atoms. The van der Waals surface area contributed by atoms with Crippen LogP contribution in [0.25, 0.3) is 0 Å². The van der Waals surface area contributed by atoms with Crippen LogP contribution >= 0.6 is 11.3 Å². The molecule has 0 amide bonds. The van der Waals surface area contributed by atoms with Crippen LogP contribution < -0.4 is 5.32 Å². The van der Waals surface area contributed by atoms with Gasteiger partial charge in [0.25, 0.3) is 0 Å². The molecule has 2 aromatic rings. The minimum Gasteiger partial charge on any atom is -0.465 e. The van der Waals surface area contributed by atoms with Gasteiger partial charge in [-0.25, -0.2) is 14.8 Å². The molecule has 0 spiro atoms. The number of nitrogens with one attached hydrogen (secondary N) is 1. The fraction of sp³-hybridized carbons (Fsp3) is 0.250. The van der Waals surface area contributed by atoms with Crippen molar-refractivity contribution < 1.29 is 9.53 Å². The summed E-state index contributed by atoms with van der Waals surface area (Å²) in [5.41, 5.74) is 2.41. The molecule has 0 aliphatic carbocycles. The van der Waals surface area contributed by atoms with Crippen molar-refractivity contribution in [2.45, 2.75) is 13.8 Å². The van der Waals surface area contributed by atoms with Gasteiger partial charge in [0.2, 0.25) is 5.95 Å². The Kier molecular flexibility index (Phi) is 3.57. The monoisotopic (exact) mass is 263 g/mol. The lowest BCUT2D eigenvalue weighted by molar-refractivity contribution is 0.0607. The van der Waals surface area contributed by atoms with Gasteiger partial charge in [0.1, 0.15) is 4.88 Å². The SMILES string of the molecule is COC(=O)c1sccc1Nc1nc(C)cc(C)n1. The number of hydrogen-bond acceptors (Lipinski definition) is 6. The quantitative estimate of drug-likeness (QED) is 0.862. The largest absolute Gasteiger partial charge is 0.465 e. The number of carbonyl (C=O) groups excluding carboxylic acids is 1. The topological polar surface area (TPSA) is 64.1 Å². The van der Waals surface area contributed by atoms with Gasteiger partial charge in [-0.05, 0) is 31.4 Å². The standard InChI is InChI=1S/C12H13N3O2S/c1-7-6-8(2)14-12(13-7)15-9-4-5-18-10(9)11(16)17-3/h4-6H,1-3H3,(H,13,14,15). The van der Waals surface area contributed by atoms with E-state index >= 15 is 0 Å². The third-order valence-electron chi connectivity index (χ3n) is 2.26. The van der Waals surface area contributed by atoms with Crippen LogP contribution in [0.2, 0.25) is 0 Å². The molecular formula is C12H13N3O2S. The number of rotatable bonds is 3. The van der Waals surface area contributed by atoms with Crippen molar-refractivity contribution in [3.8, 4) is 0 Å². The van der Waals surface area contributed by atoms with E-state index in [1.165, 1.54) is 18.4 Å². The predicted octanol–water partition coefficient (Wildman–Crippen LogP) is 2.69. The summed E-state index contributed by atoms with van der Waals surface area (Å²) in [4.78, 5) is 20.6. The highest BCUT2D eigenvalue weighted by atomic mass is 32.1. The number of anilines is 2. The van der Waals surface area contributed by atoms with Crippen molar-refractivity contribution in [2.75, 3.05) is 12.4 Å². The number of carbonyl (C=O) groups is 1. The van der Waals surface area contributed by atoms with Crippen molar-refractivity contribution in [3.63, 3.8) is 0 Å². The average molecular weight is 263 g/mol. The molecule has 0 fully saturated rings. The predicted molar refractivity (Wildman–Crippen MR) is 70.4 cm³/mol. The normalized spacial score (nSPS) is 10.2. The van der Waals surface area contributed by atoms with E-state index in [0.717, 1.165) is 11.4 Å². The summed E-state index contributed by atoms with van der Waals surface area (Å²) in [7, 11) is 1.36. The highest BCUT2D eigenvalue weighted by Gasteiger charge is 2.14. The fourth-order valence-electron chi connectivity index (χ4n) is 1.56. The third kappa shape index (κ3) is 2.65. The zero-order chi connectivity index (χ0) is 13.1. The average Bonchev–Trinajstić information content (AvgIpc) is 2.74. The van der Waals surface area contributed by atoms with Crippen LogP contribution in [0.15, 0.2) is 17.5 Å². The number of aromatic nitrogens is 2. The van der Waals surface area contributed by atoms with Crippen LogP contribution in [-0.2, 0) is 4.74 Å². The highest BCUT2D eigenvalue weighted by molar-refractivity contribution is 7.12. The smallest absolute Gasteiger partial charge is 0.350 e. The molecule has 2 rings (SSSR count). The summed E-state index contributed by atoms with van der Waals surface area (Å²) < 4.78 is 4.71. The first-order valence-electron chi connectivity index (χ1n) is 5.35.